The van der Waals surface area contributed by atoms with Crippen LogP contribution in [0.5, 0.6) is 0 Å². The van der Waals surface area contributed by atoms with Crippen molar-refractivity contribution < 1.29 is 4.42 Å². The number of aromatic nitrogens is 5. The van der Waals surface area contributed by atoms with Crippen molar-refractivity contribution in [2.24, 2.45) is 5.92 Å². The molecule has 6 nitrogen and oxygen atoms in total. The second-order valence-electron chi connectivity index (χ2n) is 15.2. The molecular weight excluding hydrogens is 711 g/mol. The first-order chi connectivity index (χ1) is 28.6. The monoisotopic (exact) mass is 749 g/mol. The Morgan fingerprint density at radius 3 is 2.19 bits per heavy atom. The molecule has 0 aliphatic heterocycles. The Morgan fingerprint density at radius 2 is 1.38 bits per heavy atom. The van der Waals surface area contributed by atoms with E-state index < -0.39 is 0 Å². The molecule has 0 fully saturated rings. The van der Waals surface area contributed by atoms with Gasteiger partial charge in [0.25, 0.3) is 0 Å². The van der Waals surface area contributed by atoms with E-state index in [1.807, 2.05) is 24.3 Å². The highest BCUT2D eigenvalue weighted by molar-refractivity contribution is 6.26. The van der Waals surface area contributed by atoms with Crippen molar-refractivity contribution in [2.45, 2.75) is 26.7 Å². The molecule has 2 unspecified atom stereocenters. The van der Waals surface area contributed by atoms with Crippen molar-refractivity contribution in [3.63, 3.8) is 0 Å². The van der Waals surface area contributed by atoms with Gasteiger partial charge in [0.05, 0.1) is 11.0 Å². The van der Waals surface area contributed by atoms with Crippen LogP contribution in [0, 0.1) is 12.8 Å². The predicted molar refractivity (Wildman–Crippen MR) is 239 cm³/mol. The molecule has 1 aliphatic carbocycles. The van der Waals surface area contributed by atoms with Crippen molar-refractivity contribution in [1.29, 1.82) is 0 Å². The number of allylic oxidation sites excluding steroid dienone is 5. The van der Waals surface area contributed by atoms with Crippen LogP contribution >= 0.6 is 0 Å². The Labute approximate surface area is 335 Å². The number of para-hydroxylation sites is 3. The third-order valence-corrected chi connectivity index (χ3v) is 11.8. The third-order valence-electron chi connectivity index (χ3n) is 11.8. The average Bonchev–Trinajstić information content (AvgIpc) is 3.91. The van der Waals surface area contributed by atoms with Gasteiger partial charge in [-0.2, -0.15) is 9.97 Å². The zero-order valence-electron chi connectivity index (χ0n) is 32.5. The topological polar surface area (TPSA) is 61.7 Å². The maximum atomic E-state index is 6.90. The Bertz CT molecular complexity index is 3330. The smallest absolute Gasteiger partial charge is 0.238 e. The van der Waals surface area contributed by atoms with E-state index in [-0.39, 0.29) is 11.8 Å². The van der Waals surface area contributed by atoms with Gasteiger partial charge in [0.2, 0.25) is 5.95 Å². The van der Waals surface area contributed by atoms with Crippen LogP contribution in [0.2, 0.25) is 0 Å². The van der Waals surface area contributed by atoms with Crippen LogP contribution in [0.1, 0.15) is 36.8 Å². The summed E-state index contributed by atoms with van der Waals surface area (Å²) in [5.41, 5.74) is 11.4. The van der Waals surface area contributed by atoms with Gasteiger partial charge in [0.15, 0.2) is 11.4 Å². The van der Waals surface area contributed by atoms with Crippen molar-refractivity contribution in [3.8, 4) is 34.2 Å². The number of hydrogen-bond donors (Lipinski definition) is 0. The van der Waals surface area contributed by atoms with E-state index in [0.29, 0.717) is 11.8 Å². The molecule has 1 aliphatic rings. The first-order valence-corrected chi connectivity index (χ1v) is 19.9. The fraction of sp³-hybridized carbons (Fsp3) is 0.0962. The largest absolute Gasteiger partial charge is 0.454 e. The van der Waals surface area contributed by atoms with Gasteiger partial charge in [-0.3, -0.25) is 4.57 Å². The maximum Gasteiger partial charge on any atom is 0.238 e. The van der Waals surface area contributed by atoms with Crippen molar-refractivity contribution in [2.75, 3.05) is 0 Å². The van der Waals surface area contributed by atoms with E-state index >= 15 is 0 Å². The van der Waals surface area contributed by atoms with Crippen LogP contribution in [-0.4, -0.2) is 24.1 Å². The summed E-state index contributed by atoms with van der Waals surface area (Å²) in [5, 5.41) is 5.49. The molecule has 0 radical (unpaired) electrons. The van der Waals surface area contributed by atoms with Crippen LogP contribution in [0.4, 0.5) is 0 Å². The SMILES string of the molecule is C/C=C\c1c(C)n(-c2ccccc2)c2cc(-c3cc4c5ccccc5oc4c4c3c3ccccc3n4-c3nc(-c4ccccc4)nc(C4C=CC=CC4C)n3)ccc12. The first-order valence-electron chi connectivity index (χ1n) is 19.9. The number of fused-ring (bicyclic) bond motifs is 8. The molecule has 6 aromatic carbocycles. The summed E-state index contributed by atoms with van der Waals surface area (Å²) in [5.74, 6) is 2.14. The molecule has 0 saturated heterocycles. The van der Waals surface area contributed by atoms with Gasteiger partial charge >= 0.3 is 0 Å². The predicted octanol–water partition coefficient (Wildman–Crippen LogP) is 13.3. The molecule has 4 aromatic heterocycles. The molecule has 0 amide bonds. The van der Waals surface area contributed by atoms with E-state index in [0.717, 1.165) is 77.5 Å². The van der Waals surface area contributed by atoms with Crippen LogP contribution in [0.25, 0.3) is 94.9 Å². The third kappa shape index (κ3) is 5.22. The Morgan fingerprint density at radius 1 is 0.638 bits per heavy atom. The van der Waals surface area contributed by atoms with Gasteiger partial charge < -0.3 is 8.98 Å². The molecule has 0 N–H and O–H groups in total. The normalized spacial score (nSPS) is 15.6. The lowest BCUT2D eigenvalue weighted by Gasteiger charge is -2.20. The highest BCUT2D eigenvalue weighted by atomic mass is 16.3. The summed E-state index contributed by atoms with van der Waals surface area (Å²) < 4.78 is 11.5. The molecule has 10 aromatic rings. The second kappa shape index (κ2) is 13.4. The molecule has 11 rings (SSSR count). The maximum absolute atomic E-state index is 6.90. The fourth-order valence-corrected chi connectivity index (χ4v) is 9.04. The molecule has 0 bridgehead atoms. The Kier molecular flexibility index (Phi) is 7.86. The highest BCUT2D eigenvalue weighted by Gasteiger charge is 2.27. The minimum absolute atomic E-state index is 0.00688. The zero-order valence-corrected chi connectivity index (χ0v) is 32.5. The molecule has 278 valence electrons. The van der Waals surface area contributed by atoms with E-state index in [4.69, 9.17) is 19.4 Å². The van der Waals surface area contributed by atoms with E-state index in [9.17, 15) is 0 Å². The molecule has 58 heavy (non-hydrogen) atoms. The fourth-order valence-electron chi connectivity index (χ4n) is 9.04. The summed E-state index contributed by atoms with van der Waals surface area (Å²) in [6.45, 7) is 6.51. The van der Waals surface area contributed by atoms with Crippen molar-refractivity contribution in [3.05, 3.63) is 181 Å². The standard InChI is InChI=1S/C52H39N5O/c1-4-17-38-33(3)56(36-21-9-6-10-22-36)45-30-35(28-29-39(38)45)42-31-43-40-24-14-16-27-46(40)58-49(43)48-47(42)41-25-13-15-26-44(41)57(48)52-54-50(34-19-7-5-8-20-34)53-51(55-52)37-23-12-11-18-32(37)2/h4-32,37H,1-3H3/b17-4-. The van der Waals surface area contributed by atoms with E-state index in [2.05, 4.69) is 176 Å². The number of furan rings is 1. The lowest BCUT2D eigenvalue weighted by atomic mass is 9.89. The molecule has 0 saturated carbocycles. The van der Waals surface area contributed by atoms with Gasteiger partial charge in [-0.1, -0.05) is 140 Å². The van der Waals surface area contributed by atoms with Crippen molar-refractivity contribution >= 4 is 60.7 Å². The quantitative estimate of drug-likeness (QED) is 0.170. The number of benzene rings is 6. The zero-order chi connectivity index (χ0) is 38.9. The van der Waals surface area contributed by atoms with Crippen molar-refractivity contribution in [1.82, 2.24) is 24.1 Å². The van der Waals surface area contributed by atoms with E-state index in [1.54, 1.807) is 0 Å². The minimum Gasteiger partial charge on any atom is -0.454 e. The summed E-state index contributed by atoms with van der Waals surface area (Å²) >= 11 is 0. The number of hydrogen-bond acceptors (Lipinski definition) is 4. The summed E-state index contributed by atoms with van der Waals surface area (Å²) in [6.07, 6.45) is 13.0. The van der Waals surface area contributed by atoms with E-state index in [1.165, 1.54) is 16.6 Å². The molecular formula is C52H39N5O. The van der Waals surface area contributed by atoms with Gasteiger partial charge in [-0.25, -0.2) is 4.98 Å². The van der Waals surface area contributed by atoms with Gasteiger partial charge in [-0.05, 0) is 67.3 Å². The summed E-state index contributed by atoms with van der Waals surface area (Å²) in [4.78, 5) is 15.8. The van der Waals surface area contributed by atoms with Gasteiger partial charge in [0, 0.05) is 55.4 Å². The van der Waals surface area contributed by atoms with Crippen LogP contribution in [-0.2, 0) is 0 Å². The lowest BCUT2D eigenvalue weighted by Crippen LogP contribution is -2.15. The molecule has 4 heterocycles. The summed E-state index contributed by atoms with van der Waals surface area (Å²) in [7, 11) is 0. The number of nitrogens with zero attached hydrogens (tertiary/aromatic N) is 5. The molecule has 6 heteroatoms. The van der Waals surface area contributed by atoms with Crippen LogP contribution < -0.4 is 0 Å². The molecule has 2 atom stereocenters. The lowest BCUT2D eigenvalue weighted by molar-refractivity contribution is 0.597. The second-order valence-corrected chi connectivity index (χ2v) is 15.2. The Balaban J connectivity index is 1.27. The summed E-state index contributed by atoms with van der Waals surface area (Å²) in [6, 6.07) is 47.0. The molecule has 0 spiro atoms. The average molecular weight is 750 g/mol. The highest BCUT2D eigenvalue weighted by Crippen LogP contribution is 2.46. The van der Waals surface area contributed by atoms with Gasteiger partial charge in [-0.15, -0.1) is 0 Å². The first kappa shape index (κ1) is 34.0. The van der Waals surface area contributed by atoms with Crippen LogP contribution in [0.3, 0.4) is 0 Å². The van der Waals surface area contributed by atoms with Gasteiger partial charge in [0.1, 0.15) is 16.9 Å². The minimum atomic E-state index is -0.00688. The van der Waals surface area contributed by atoms with Crippen LogP contribution in [0.15, 0.2) is 168 Å². The Hall–Kier alpha value is -7.31. The number of rotatable bonds is 6.